The monoisotopic (exact) mass is 627 g/mol. The van der Waals surface area contributed by atoms with Crippen molar-refractivity contribution >= 4 is 50.7 Å². The Kier molecular flexibility index (Phi) is 15.3. The van der Waals surface area contributed by atoms with Gasteiger partial charge in [0, 0.05) is 68.2 Å². The van der Waals surface area contributed by atoms with Crippen LogP contribution in [0, 0.1) is 0 Å². The van der Waals surface area contributed by atoms with E-state index in [0.717, 1.165) is 37.7 Å². The van der Waals surface area contributed by atoms with Crippen LogP contribution in [0.4, 0.5) is 11.4 Å². The standard InChI is InChI=1S/C38H51N4S2/c1-8-35(19-22-39-6)31(4)29-33-11-15-37(16-12-33)41(9-2)25-27-43-44-28-26-42(10-3)38-17-13-34(14-18-38)30-32(5)36-20-23-40(7)24-21-36/h8,11-24,29-30,39H,9-10,25-28H2,1-7H3/q+1/b22-19-,31-29+,35-8+. The molecule has 0 aliphatic rings. The van der Waals surface area contributed by atoms with Crippen molar-refractivity contribution < 1.29 is 4.57 Å². The lowest BCUT2D eigenvalue weighted by atomic mass is 10.0. The van der Waals surface area contributed by atoms with Crippen LogP contribution in [0.2, 0.25) is 0 Å². The van der Waals surface area contributed by atoms with Gasteiger partial charge in [-0.25, -0.2) is 4.57 Å². The van der Waals surface area contributed by atoms with Gasteiger partial charge in [-0.1, -0.05) is 64.1 Å². The summed E-state index contributed by atoms with van der Waals surface area (Å²) in [6, 6.07) is 22.3. The summed E-state index contributed by atoms with van der Waals surface area (Å²) >= 11 is 0. The zero-order valence-electron chi connectivity index (χ0n) is 27.7. The maximum absolute atomic E-state index is 3.07. The van der Waals surface area contributed by atoms with Crippen LogP contribution in [-0.4, -0.2) is 44.7 Å². The summed E-state index contributed by atoms with van der Waals surface area (Å²) < 4.78 is 2.06. The van der Waals surface area contributed by atoms with E-state index in [0.29, 0.717) is 0 Å². The predicted molar refractivity (Wildman–Crippen MR) is 200 cm³/mol. The second-order valence-corrected chi connectivity index (χ2v) is 13.5. The van der Waals surface area contributed by atoms with E-state index in [-0.39, 0.29) is 0 Å². The average molecular weight is 628 g/mol. The minimum atomic E-state index is 1.01. The third-order valence-electron chi connectivity index (χ3n) is 7.65. The van der Waals surface area contributed by atoms with Gasteiger partial charge in [0.15, 0.2) is 12.4 Å². The van der Waals surface area contributed by atoms with Gasteiger partial charge in [0.1, 0.15) is 7.05 Å². The lowest BCUT2D eigenvalue weighted by Gasteiger charge is -2.24. The molecule has 0 amide bonds. The van der Waals surface area contributed by atoms with Crippen LogP contribution in [-0.2, 0) is 7.05 Å². The van der Waals surface area contributed by atoms with Crippen LogP contribution in [0.3, 0.4) is 0 Å². The van der Waals surface area contributed by atoms with Crippen molar-refractivity contribution in [3.63, 3.8) is 0 Å². The highest BCUT2D eigenvalue weighted by Crippen LogP contribution is 2.25. The molecule has 1 heterocycles. The molecular weight excluding hydrogens is 577 g/mol. The fraction of sp³-hybridized carbons (Fsp3) is 0.342. The number of hydrogen-bond acceptors (Lipinski definition) is 5. The van der Waals surface area contributed by atoms with Crippen molar-refractivity contribution in [1.82, 2.24) is 5.32 Å². The van der Waals surface area contributed by atoms with Crippen molar-refractivity contribution in [1.29, 1.82) is 0 Å². The van der Waals surface area contributed by atoms with Gasteiger partial charge < -0.3 is 15.1 Å². The first-order valence-electron chi connectivity index (χ1n) is 15.7. The molecule has 0 bridgehead atoms. The molecule has 6 heteroatoms. The summed E-state index contributed by atoms with van der Waals surface area (Å²) in [7, 11) is 7.94. The molecule has 44 heavy (non-hydrogen) atoms. The first-order valence-corrected chi connectivity index (χ1v) is 18.1. The zero-order chi connectivity index (χ0) is 31.7. The van der Waals surface area contributed by atoms with Crippen LogP contribution >= 0.6 is 21.6 Å². The summed E-state index contributed by atoms with van der Waals surface area (Å²) in [6.45, 7) is 15.0. The minimum Gasteiger partial charge on any atom is -0.394 e. The fourth-order valence-corrected chi connectivity index (χ4v) is 6.95. The number of anilines is 2. The van der Waals surface area contributed by atoms with E-state index in [4.69, 9.17) is 0 Å². The van der Waals surface area contributed by atoms with Gasteiger partial charge in [-0.15, -0.1) is 0 Å². The number of aryl methyl sites for hydroxylation is 1. The number of nitrogens with one attached hydrogen (secondary N) is 1. The van der Waals surface area contributed by atoms with Gasteiger partial charge in [-0.3, -0.25) is 0 Å². The van der Waals surface area contributed by atoms with Gasteiger partial charge in [0.25, 0.3) is 0 Å². The molecule has 0 aliphatic heterocycles. The van der Waals surface area contributed by atoms with Crippen LogP contribution < -0.4 is 19.7 Å². The van der Waals surface area contributed by atoms with Crippen molar-refractivity contribution in [3.05, 3.63) is 119 Å². The quantitative estimate of drug-likeness (QED) is 0.0697. The van der Waals surface area contributed by atoms with E-state index in [9.17, 15) is 0 Å². The Hall–Kier alpha value is -3.35. The van der Waals surface area contributed by atoms with Crippen LogP contribution in [0.15, 0.2) is 103 Å². The molecule has 3 rings (SSSR count). The first-order chi connectivity index (χ1) is 21.4. The Labute approximate surface area is 275 Å². The molecule has 0 saturated carbocycles. The van der Waals surface area contributed by atoms with E-state index in [1.807, 2.05) is 41.9 Å². The molecule has 2 aromatic carbocycles. The highest BCUT2D eigenvalue weighted by atomic mass is 33.1. The lowest BCUT2D eigenvalue weighted by molar-refractivity contribution is -0.671. The summed E-state index contributed by atoms with van der Waals surface area (Å²) in [5.74, 6) is 2.21. The number of rotatable bonds is 17. The van der Waals surface area contributed by atoms with Crippen molar-refractivity contribution in [3.8, 4) is 0 Å². The van der Waals surface area contributed by atoms with Crippen molar-refractivity contribution in [2.75, 3.05) is 54.5 Å². The average Bonchev–Trinajstić information content (AvgIpc) is 3.04. The molecule has 0 spiro atoms. The van der Waals surface area contributed by atoms with Gasteiger partial charge >= 0.3 is 0 Å². The largest absolute Gasteiger partial charge is 0.394 e. The van der Waals surface area contributed by atoms with E-state index in [1.165, 1.54) is 44.8 Å². The molecule has 3 aromatic rings. The van der Waals surface area contributed by atoms with Crippen LogP contribution in [0.5, 0.6) is 0 Å². The minimum absolute atomic E-state index is 1.01. The van der Waals surface area contributed by atoms with Gasteiger partial charge in [0.2, 0.25) is 0 Å². The summed E-state index contributed by atoms with van der Waals surface area (Å²) in [5.41, 5.74) is 10.1. The molecule has 0 saturated heterocycles. The summed E-state index contributed by atoms with van der Waals surface area (Å²) in [5, 5.41) is 3.07. The number of nitrogens with zero attached hydrogens (tertiary/aromatic N) is 3. The molecular formula is C38H51N4S2+. The normalized spacial score (nSPS) is 12.6. The van der Waals surface area contributed by atoms with Gasteiger partial charge in [0.05, 0.1) is 0 Å². The Morgan fingerprint density at radius 2 is 1.27 bits per heavy atom. The highest BCUT2D eigenvalue weighted by molar-refractivity contribution is 8.76. The Balaban J connectivity index is 1.43. The Morgan fingerprint density at radius 1 is 0.773 bits per heavy atom. The zero-order valence-corrected chi connectivity index (χ0v) is 29.3. The maximum atomic E-state index is 3.07. The molecule has 0 atom stereocenters. The number of aromatic nitrogens is 1. The van der Waals surface area contributed by atoms with Gasteiger partial charge in [-0.2, -0.15) is 0 Å². The fourth-order valence-electron chi connectivity index (χ4n) is 4.97. The topological polar surface area (TPSA) is 22.4 Å². The molecule has 0 aliphatic carbocycles. The molecule has 4 nitrogen and oxygen atoms in total. The molecule has 1 aromatic heterocycles. The smallest absolute Gasteiger partial charge is 0.169 e. The molecule has 0 unspecified atom stereocenters. The van der Waals surface area contributed by atoms with Crippen LogP contribution in [0.1, 0.15) is 51.3 Å². The number of hydrogen-bond donors (Lipinski definition) is 1. The van der Waals surface area contributed by atoms with Gasteiger partial charge in [-0.05, 0) is 105 Å². The predicted octanol–water partition coefficient (Wildman–Crippen LogP) is 8.89. The number of benzene rings is 2. The van der Waals surface area contributed by atoms with E-state index >= 15 is 0 Å². The number of pyridine rings is 1. The van der Waals surface area contributed by atoms with Crippen molar-refractivity contribution in [2.24, 2.45) is 7.05 Å². The summed E-state index contributed by atoms with van der Waals surface area (Å²) in [4.78, 5) is 4.94. The lowest BCUT2D eigenvalue weighted by Crippen LogP contribution is -2.26. The maximum Gasteiger partial charge on any atom is 0.169 e. The molecule has 0 radical (unpaired) electrons. The van der Waals surface area contributed by atoms with E-state index in [1.54, 1.807) is 0 Å². The van der Waals surface area contributed by atoms with E-state index in [2.05, 4.69) is 152 Å². The Bertz CT molecular complexity index is 1390. The Morgan fingerprint density at radius 3 is 1.73 bits per heavy atom. The van der Waals surface area contributed by atoms with Crippen molar-refractivity contribution in [2.45, 2.75) is 34.6 Å². The molecule has 0 fully saturated rings. The first kappa shape index (κ1) is 35.1. The third kappa shape index (κ3) is 11.3. The second kappa shape index (κ2) is 19.1. The summed E-state index contributed by atoms with van der Waals surface area (Å²) in [6.07, 6.45) is 14.9. The number of allylic oxidation sites excluding steroid dienone is 5. The molecule has 234 valence electrons. The van der Waals surface area contributed by atoms with Crippen LogP contribution in [0.25, 0.3) is 17.7 Å². The SMILES string of the molecule is C/C=C(\C=C/NC)C(/C)=C/c1ccc(N(CC)CCSSCCN(CC)c2ccc(/C=C(\C)c3cc[n+](C)cc3)cc2)cc1. The second-order valence-electron chi connectivity index (χ2n) is 10.8. The third-order valence-corrected chi connectivity index (χ3v) is 10.0. The molecule has 1 N–H and O–H groups in total. The van der Waals surface area contributed by atoms with E-state index < -0.39 is 0 Å². The highest BCUT2D eigenvalue weighted by Gasteiger charge is 2.07.